The third-order valence-corrected chi connectivity index (χ3v) is 4.41. The summed E-state index contributed by atoms with van der Waals surface area (Å²) in [5.41, 5.74) is 2.58. The minimum Gasteiger partial charge on any atom is -0.439 e. The molecule has 0 bridgehead atoms. The molecule has 8 nitrogen and oxygen atoms in total. The Kier molecular flexibility index (Phi) is 5.04. The lowest BCUT2D eigenvalue weighted by Gasteiger charge is -2.11. The maximum atomic E-state index is 12.8. The molecule has 0 fully saturated rings. The van der Waals surface area contributed by atoms with Crippen molar-refractivity contribution in [3.05, 3.63) is 94.2 Å². The van der Waals surface area contributed by atoms with Crippen molar-refractivity contribution in [1.82, 2.24) is 4.98 Å². The standard InChI is InChI=1S/C22H16N4O4/c1-15-20(22(27)25(24-15)17-5-3-2-4-6-17)13-16-7-10-19(11-8-16)30-21-12-9-18(14-23-21)26(28)29/h2-14H,1H3/b20-13-. The second-order valence-electron chi connectivity index (χ2n) is 6.48. The minimum absolute atomic E-state index is 0.105. The van der Waals surface area contributed by atoms with E-state index < -0.39 is 4.92 Å². The van der Waals surface area contributed by atoms with E-state index in [9.17, 15) is 14.9 Å². The zero-order valence-corrected chi connectivity index (χ0v) is 15.9. The number of ether oxygens (including phenoxy) is 1. The van der Waals surface area contributed by atoms with Gasteiger partial charge in [0.15, 0.2) is 0 Å². The van der Waals surface area contributed by atoms with Crippen molar-refractivity contribution < 1.29 is 14.5 Å². The first-order chi connectivity index (χ1) is 14.5. The summed E-state index contributed by atoms with van der Waals surface area (Å²) in [7, 11) is 0. The van der Waals surface area contributed by atoms with Gasteiger partial charge in [0.2, 0.25) is 5.88 Å². The summed E-state index contributed by atoms with van der Waals surface area (Å²) in [5.74, 6) is 0.584. The molecule has 0 atom stereocenters. The van der Waals surface area contributed by atoms with E-state index in [1.807, 2.05) is 30.3 Å². The van der Waals surface area contributed by atoms with E-state index in [4.69, 9.17) is 4.74 Å². The van der Waals surface area contributed by atoms with Crippen molar-refractivity contribution in [2.45, 2.75) is 6.92 Å². The van der Waals surface area contributed by atoms with Crippen molar-refractivity contribution in [3.8, 4) is 11.6 Å². The highest BCUT2D eigenvalue weighted by molar-refractivity contribution is 6.32. The molecule has 1 aliphatic rings. The number of rotatable bonds is 5. The molecule has 0 spiro atoms. The first kappa shape index (κ1) is 19.0. The molecule has 0 aliphatic carbocycles. The summed E-state index contributed by atoms with van der Waals surface area (Å²) in [5, 5.41) is 16.4. The number of hydrazone groups is 1. The number of anilines is 1. The number of para-hydroxylation sites is 1. The van der Waals surface area contributed by atoms with E-state index in [1.165, 1.54) is 17.1 Å². The summed E-state index contributed by atoms with van der Waals surface area (Å²) in [6, 6.07) is 19.1. The number of benzene rings is 2. The van der Waals surface area contributed by atoms with E-state index in [1.54, 1.807) is 37.3 Å². The highest BCUT2D eigenvalue weighted by atomic mass is 16.6. The molecule has 1 aromatic heterocycles. The van der Waals surface area contributed by atoms with Crippen molar-refractivity contribution in [1.29, 1.82) is 0 Å². The predicted octanol–water partition coefficient (Wildman–Crippen LogP) is 4.59. The largest absolute Gasteiger partial charge is 0.439 e. The fourth-order valence-corrected chi connectivity index (χ4v) is 2.89. The van der Waals surface area contributed by atoms with Crippen LogP contribution in [0.25, 0.3) is 6.08 Å². The van der Waals surface area contributed by atoms with E-state index in [0.29, 0.717) is 22.7 Å². The molecule has 1 amide bonds. The zero-order valence-electron chi connectivity index (χ0n) is 15.9. The SMILES string of the molecule is CC1=NN(c2ccccc2)C(=O)/C1=C\c1ccc(Oc2ccc([N+](=O)[O-])cn2)cc1. The molecule has 2 heterocycles. The topological polar surface area (TPSA) is 97.9 Å². The van der Waals surface area contributed by atoms with Crippen LogP contribution in [0.4, 0.5) is 11.4 Å². The Bertz CT molecular complexity index is 1150. The lowest BCUT2D eigenvalue weighted by Crippen LogP contribution is -2.21. The van der Waals surface area contributed by atoms with Crippen molar-refractivity contribution in [2.75, 3.05) is 5.01 Å². The number of hydrogen-bond acceptors (Lipinski definition) is 6. The molecular weight excluding hydrogens is 384 g/mol. The van der Waals surface area contributed by atoms with Gasteiger partial charge in [0.25, 0.3) is 11.6 Å². The Hall–Kier alpha value is -4.33. The van der Waals surface area contributed by atoms with Crippen LogP contribution in [0.15, 0.2) is 83.6 Å². The average Bonchev–Trinajstić information content (AvgIpc) is 3.04. The van der Waals surface area contributed by atoms with Gasteiger partial charge in [-0.1, -0.05) is 30.3 Å². The lowest BCUT2D eigenvalue weighted by molar-refractivity contribution is -0.385. The second kappa shape index (κ2) is 7.96. The normalized spacial score (nSPS) is 14.7. The van der Waals surface area contributed by atoms with E-state index in [-0.39, 0.29) is 17.5 Å². The summed E-state index contributed by atoms with van der Waals surface area (Å²) >= 11 is 0. The van der Waals surface area contributed by atoms with E-state index >= 15 is 0 Å². The summed E-state index contributed by atoms with van der Waals surface area (Å²) in [6.45, 7) is 1.80. The molecule has 4 rings (SSSR count). The van der Waals surface area contributed by atoms with Gasteiger partial charge in [-0.05, 0) is 42.8 Å². The Morgan fingerprint density at radius 2 is 1.77 bits per heavy atom. The van der Waals surface area contributed by atoms with Crippen LogP contribution >= 0.6 is 0 Å². The smallest absolute Gasteiger partial charge is 0.287 e. The van der Waals surface area contributed by atoms with Crippen molar-refractivity contribution in [3.63, 3.8) is 0 Å². The van der Waals surface area contributed by atoms with Crippen LogP contribution in [0.1, 0.15) is 12.5 Å². The van der Waals surface area contributed by atoms with Gasteiger partial charge in [0, 0.05) is 12.1 Å². The molecule has 0 unspecified atom stereocenters. The zero-order chi connectivity index (χ0) is 21.1. The van der Waals surface area contributed by atoms with E-state index in [2.05, 4.69) is 10.1 Å². The van der Waals surface area contributed by atoms with Crippen LogP contribution in [0.3, 0.4) is 0 Å². The molecule has 1 aliphatic heterocycles. The Labute approximate surface area is 171 Å². The van der Waals surface area contributed by atoms with Crippen LogP contribution in [0, 0.1) is 10.1 Å². The summed E-state index contributed by atoms with van der Waals surface area (Å²) in [6.07, 6.45) is 2.92. The number of carbonyl (C=O) groups excluding carboxylic acids is 1. The first-order valence-electron chi connectivity index (χ1n) is 9.06. The molecule has 8 heteroatoms. The van der Waals surface area contributed by atoms with Crippen molar-refractivity contribution >= 4 is 29.1 Å². The average molecular weight is 400 g/mol. The molecular formula is C22H16N4O4. The van der Waals surface area contributed by atoms with Gasteiger partial charge < -0.3 is 4.74 Å². The maximum Gasteiger partial charge on any atom is 0.287 e. The molecule has 0 saturated carbocycles. The van der Waals surface area contributed by atoms with Gasteiger partial charge >= 0.3 is 0 Å². The molecule has 2 aromatic carbocycles. The van der Waals surface area contributed by atoms with Gasteiger partial charge in [-0.25, -0.2) is 4.98 Å². The monoisotopic (exact) mass is 400 g/mol. The highest BCUT2D eigenvalue weighted by Gasteiger charge is 2.28. The summed E-state index contributed by atoms with van der Waals surface area (Å²) < 4.78 is 5.60. The van der Waals surface area contributed by atoms with Crippen LogP contribution < -0.4 is 9.75 Å². The van der Waals surface area contributed by atoms with Gasteiger partial charge in [0.1, 0.15) is 11.9 Å². The number of carbonyl (C=O) groups is 1. The number of nitro groups is 1. The van der Waals surface area contributed by atoms with E-state index in [0.717, 1.165) is 11.8 Å². The van der Waals surface area contributed by atoms with Gasteiger partial charge in [-0.15, -0.1) is 0 Å². The predicted molar refractivity (Wildman–Crippen MR) is 112 cm³/mol. The van der Waals surface area contributed by atoms with Crippen LogP contribution in [-0.2, 0) is 4.79 Å². The van der Waals surface area contributed by atoms with Gasteiger partial charge in [-0.3, -0.25) is 14.9 Å². The first-order valence-corrected chi connectivity index (χ1v) is 9.06. The number of hydrogen-bond donors (Lipinski definition) is 0. The lowest BCUT2D eigenvalue weighted by atomic mass is 10.1. The number of nitrogens with zero attached hydrogens (tertiary/aromatic N) is 4. The minimum atomic E-state index is -0.520. The number of aromatic nitrogens is 1. The van der Waals surface area contributed by atoms with Gasteiger partial charge in [-0.2, -0.15) is 10.1 Å². The molecule has 0 N–H and O–H groups in total. The fourth-order valence-electron chi connectivity index (χ4n) is 2.89. The maximum absolute atomic E-state index is 12.8. The summed E-state index contributed by atoms with van der Waals surface area (Å²) in [4.78, 5) is 26.8. The molecule has 3 aromatic rings. The Morgan fingerprint density at radius 3 is 2.40 bits per heavy atom. The molecule has 148 valence electrons. The molecule has 30 heavy (non-hydrogen) atoms. The third kappa shape index (κ3) is 3.93. The number of amides is 1. The van der Waals surface area contributed by atoms with Crippen LogP contribution in [0.5, 0.6) is 11.6 Å². The fraction of sp³-hybridized carbons (Fsp3) is 0.0455. The Balaban J connectivity index is 1.49. The Morgan fingerprint density at radius 1 is 1.03 bits per heavy atom. The molecule has 0 radical (unpaired) electrons. The highest BCUT2D eigenvalue weighted by Crippen LogP contribution is 2.26. The van der Waals surface area contributed by atoms with Crippen LogP contribution in [0.2, 0.25) is 0 Å². The third-order valence-electron chi connectivity index (χ3n) is 4.41. The quantitative estimate of drug-likeness (QED) is 0.354. The van der Waals surface area contributed by atoms with Crippen molar-refractivity contribution in [2.24, 2.45) is 5.10 Å². The second-order valence-corrected chi connectivity index (χ2v) is 6.48. The van der Waals surface area contributed by atoms with Gasteiger partial charge in [0.05, 0.1) is 21.9 Å². The molecule has 0 saturated heterocycles. The van der Waals surface area contributed by atoms with Crippen LogP contribution in [-0.4, -0.2) is 21.5 Å². The number of pyridine rings is 1.